The molecular weight excluding hydrogens is 439 g/mol. The minimum Gasteiger partial charge on any atom is -0.287 e. The number of pyridine rings is 2. The van der Waals surface area contributed by atoms with Gasteiger partial charge in [-0.05, 0) is 28.1 Å². The smallest absolute Gasteiger partial charge is 0.287 e. The van der Waals surface area contributed by atoms with Gasteiger partial charge in [0.15, 0.2) is 15.7 Å². The number of nitrogens with zero attached hydrogens (tertiary/aromatic N) is 3. The molecule has 3 heterocycles. The monoisotopic (exact) mass is 449 g/mol. The minimum absolute atomic E-state index is 0.111. The van der Waals surface area contributed by atoms with Crippen LogP contribution in [0.2, 0.25) is 0 Å². The molecule has 0 aromatic carbocycles. The van der Waals surface area contributed by atoms with Crippen molar-refractivity contribution in [3.05, 3.63) is 45.8 Å². The van der Waals surface area contributed by atoms with Gasteiger partial charge in [-0.25, -0.2) is 13.4 Å². The Bertz CT molecular complexity index is 1010. The highest BCUT2D eigenvalue weighted by atomic mass is 79.9. The van der Waals surface area contributed by atoms with Crippen LogP contribution in [0.15, 0.2) is 33.9 Å². The van der Waals surface area contributed by atoms with E-state index in [1.165, 1.54) is 19.2 Å². The van der Waals surface area contributed by atoms with E-state index in [4.69, 9.17) is 0 Å². The van der Waals surface area contributed by atoms with Gasteiger partial charge in [0.2, 0.25) is 0 Å². The fourth-order valence-corrected chi connectivity index (χ4v) is 4.06. The van der Waals surface area contributed by atoms with Gasteiger partial charge in [-0.2, -0.15) is 13.2 Å². The summed E-state index contributed by atoms with van der Waals surface area (Å²) in [6.07, 6.45) is -2.39. The van der Waals surface area contributed by atoms with E-state index in [2.05, 4.69) is 25.9 Å². The van der Waals surface area contributed by atoms with E-state index in [0.29, 0.717) is 10.5 Å². The van der Waals surface area contributed by atoms with Crippen molar-refractivity contribution in [1.82, 2.24) is 9.97 Å². The number of hydrogen-bond acceptors (Lipinski definition) is 5. The summed E-state index contributed by atoms with van der Waals surface area (Å²) < 4.78 is 63.6. The first kappa shape index (κ1) is 18.8. The summed E-state index contributed by atoms with van der Waals surface area (Å²) >= 11 is 3.14. The number of rotatable bonds is 3. The van der Waals surface area contributed by atoms with Crippen LogP contribution in [0.5, 0.6) is 0 Å². The lowest BCUT2D eigenvalue weighted by atomic mass is 10.1. The molecular formula is C15H11BrF3N3O3S. The van der Waals surface area contributed by atoms with Crippen LogP contribution in [0.3, 0.4) is 0 Å². The van der Waals surface area contributed by atoms with Crippen LogP contribution in [-0.2, 0) is 22.6 Å². The van der Waals surface area contributed by atoms with Crippen molar-refractivity contribution in [2.24, 2.45) is 0 Å². The molecule has 0 unspecified atom stereocenters. The molecule has 0 saturated carbocycles. The lowest BCUT2D eigenvalue weighted by molar-refractivity contribution is -0.141. The Kier molecular flexibility index (Phi) is 4.55. The molecule has 0 N–H and O–H groups in total. The van der Waals surface area contributed by atoms with Crippen molar-refractivity contribution in [1.29, 1.82) is 0 Å². The van der Waals surface area contributed by atoms with Crippen molar-refractivity contribution in [3.63, 3.8) is 0 Å². The Morgan fingerprint density at radius 3 is 2.54 bits per heavy atom. The number of carbonyl (C=O) groups is 1. The molecule has 26 heavy (non-hydrogen) atoms. The Labute approximate surface area is 155 Å². The summed E-state index contributed by atoms with van der Waals surface area (Å²) in [6.45, 7) is 1.33. The Morgan fingerprint density at radius 2 is 1.92 bits per heavy atom. The molecule has 0 saturated heterocycles. The Balaban J connectivity index is 2.10. The van der Waals surface area contributed by atoms with Crippen LogP contribution in [-0.4, -0.2) is 30.0 Å². The molecule has 1 aliphatic heterocycles. The molecule has 11 heteroatoms. The number of anilines is 1. The molecule has 1 amide bonds. The van der Waals surface area contributed by atoms with Gasteiger partial charge in [0, 0.05) is 28.0 Å². The lowest BCUT2D eigenvalue weighted by Gasteiger charge is -2.18. The molecule has 1 aliphatic rings. The summed E-state index contributed by atoms with van der Waals surface area (Å²) in [7, 11) is -3.71. The summed E-state index contributed by atoms with van der Waals surface area (Å²) in [5.41, 5.74) is -1.08. The zero-order valence-electron chi connectivity index (χ0n) is 13.2. The predicted molar refractivity (Wildman–Crippen MR) is 89.4 cm³/mol. The van der Waals surface area contributed by atoms with Crippen LogP contribution in [0, 0.1) is 0 Å². The molecule has 0 atom stereocenters. The largest absolute Gasteiger partial charge is 0.433 e. The highest BCUT2D eigenvalue weighted by Crippen LogP contribution is 2.35. The number of amides is 1. The maximum atomic E-state index is 12.8. The predicted octanol–water partition coefficient (Wildman–Crippen LogP) is 3.21. The van der Waals surface area contributed by atoms with Gasteiger partial charge in [-0.15, -0.1) is 0 Å². The van der Waals surface area contributed by atoms with Crippen molar-refractivity contribution >= 4 is 37.5 Å². The first-order valence-corrected chi connectivity index (χ1v) is 9.75. The average molecular weight is 450 g/mol. The summed E-state index contributed by atoms with van der Waals surface area (Å²) in [5.74, 6) is -1.09. The van der Waals surface area contributed by atoms with E-state index in [0.717, 1.165) is 11.1 Å². The van der Waals surface area contributed by atoms with Gasteiger partial charge in [0.25, 0.3) is 5.91 Å². The van der Waals surface area contributed by atoms with Gasteiger partial charge < -0.3 is 0 Å². The van der Waals surface area contributed by atoms with Gasteiger partial charge >= 0.3 is 6.18 Å². The second-order valence-electron chi connectivity index (χ2n) is 5.49. The van der Waals surface area contributed by atoms with Crippen molar-refractivity contribution in [2.45, 2.75) is 24.5 Å². The number of alkyl halides is 3. The minimum atomic E-state index is -4.69. The van der Waals surface area contributed by atoms with Gasteiger partial charge in [0.1, 0.15) is 10.6 Å². The van der Waals surface area contributed by atoms with Crippen LogP contribution in [0.4, 0.5) is 19.0 Å². The molecule has 0 spiro atoms. The number of halogens is 4. The quantitative estimate of drug-likeness (QED) is 0.718. The van der Waals surface area contributed by atoms with Crippen molar-refractivity contribution in [3.8, 4) is 0 Å². The van der Waals surface area contributed by atoms with Crippen LogP contribution in [0.25, 0.3) is 0 Å². The molecule has 2 aromatic rings. The van der Waals surface area contributed by atoms with Crippen LogP contribution >= 0.6 is 15.9 Å². The van der Waals surface area contributed by atoms with Crippen molar-refractivity contribution < 1.29 is 26.4 Å². The van der Waals surface area contributed by atoms with E-state index >= 15 is 0 Å². The molecule has 0 aliphatic carbocycles. The third-order valence-electron chi connectivity index (χ3n) is 3.85. The highest BCUT2D eigenvalue weighted by Gasteiger charge is 2.38. The van der Waals surface area contributed by atoms with Gasteiger partial charge in [-0.3, -0.25) is 14.7 Å². The SMILES string of the molecule is CCS(=O)(=O)c1cc(Br)cnc1N1Cc2cnc(C(F)(F)F)cc2C1=O. The van der Waals surface area contributed by atoms with E-state index < -0.39 is 27.6 Å². The average Bonchev–Trinajstić information content (AvgIpc) is 2.90. The van der Waals surface area contributed by atoms with Crippen molar-refractivity contribution in [2.75, 3.05) is 10.7 Å². The third kappa shape index (κ3) is 3.20. The fraction of sp³-hybridized carbons (Fsp3) is 0.267. The summed E-state index contributed by atoms with van der Waals surface area (Å²) in [6, 6.07) is 1.99. The normalized spacial score (nSPS) is 14.7. The first-order valence-electron chi connectivity index (χ1n) is 7.31. The van der Waals surface area contributed by atoms with E-state index in [1.54, 1.807) is 0 Å². The standard InChI is InChI=1S/C15H11BrF3N3O3S/c1-2-26(24,25)11-3-9(16)6-21-13(11)22-7-8-5-20-12(15(17,18)19)4-10(8)14(22)23/h3-6H,2,7H2,1H3. The zero-order chi connectivity index (χ0) is 19.3. The molecule has 3 rings (SSSR count). The van der Waals surface area contributed by atoms with Crippen LogP contribution < -0.4 is 4.90 Å². The lowest BCUT2D eigenvalue weighted by Crippen LogP contribution is -2.26. The van der Waals surface area contributed by atoms with E-state index in [9.17, 15) is 26.4 Å². The molecule has 0 radical (unpaired) electrons. The maximum absolute atomic E-state index is 12.8. The molecule has 0 fully saturated rings. The number of sulfone groups is 1. The fourth-order valence-electron chi connectivity index (χ4n) is 2.52. The van der Waals surface area contributed by atoms with Gasteiger partial charge in [-0.1, -0.05) is 6.92 Å². The zero-order valence-corrected chi connectivity index (χ0v) is 15.6. The number of fused-ring (bicyclic) bond motifs is 1. The van der Waals surface area contributed by atoms with E-state index in [1.807, 2.05) is 0 Å². The highest BCUT2D eigenvalue weighted by molar-refractivity contribution is 9.10. The second-order valence-corrected chi connectivity index (χ2v) is 8.66. The third-order valence-corrected chi connectivity index (χ3v) is 6.02. The maximum Gasteiger partial charge on any atom is 0.433 e. The Hall–Kier alpha value is -2.01. The molecule has 138 valence electrons. The Morgan fingerprint density at radius 1 is 1.23 bits per heavy atom. The summed E-state index contributed by atoms with van der Waals surface area (Å²) in [4.78, 5) is 20.8. The number of hydrogen-bond donors (Lipinski definition) is 0. The topological polar surface area (TPSA) is 80.2 Å². The second kappa shape index (κ2) is 6.31. The summed E-state index contributed by atoms with van der Waals surface area (Å²) in [5, 5.41) is 0. The first-order chi connectivity index (χ1) is 12.0. The van der Waals surface area contributed by atoms with E-state index in [-0.39, 0.29) is 34.1 Å². The molecule has 2 aromatic heterocycles. The van der Waals surface area contributed by atoms with Crippen LogP contribution in [0.1, 0.15) is 28.5 Å². The molecule has 6 nitrogen and oxygen atoms in total. The number of carbonyl (C=O) groups excluding carboxylic acids is 1. The molecule has 0 bridgehead atoms. The number of aromatic nitrogens is 2. The van der Waals surface area contributed by atoms with Gasteiger partial charge in [0.05, 0.1) is 12.3 Å².